The molecule has 1 aromatic rings. The van der Waals surface area contributed by atoms with E-state index >= 15 is 0 Å². The second-order valence-electron chi connectivity index (χ2n) is 21.3. The van der Waals surface area contributed by atoms with Gasteiger partial charge in [-0.15, -0.1) is 0 Å². The number of carbonyl (C=O) groups excluding carboxylic acids is 7. The standard InChI is InChI=1S/C52H88N10O15/c1-5-28(2)24-29(3)12-10-8-6-7-9-11-13-39(69)56-34-26-38(68)46(55-22-21-54)60-50(75)43-37(67)19-23-61(43)52(77)41(36(66)18-20-53)58-49(74)42(45(71)44(70)31-14-16-32(64)17-15-31)59-48(73)35-25-33(65)27-62(35)51(76)40(30(4)63)57-47(34)72/h14-17,28-30,33-38,40-46,55,63-68,70-71H,5-13,18-27,53-54H2,1-4H3,(H,56,69)(H,57,72)(H,58,74)(H,59,73)(H,60,75)/t28?,29?,30-,33-,34-,35+,36-,37+,38+,40+,41+,42+,43+,44+,45+,46-/m1/s1. The van der Waals surface area contributed by atoms with Crippen LogP contribution in [0, 0.1) is 11.8 Å². The number of unbranched alkanes of at least 4 members (excludes halogenated alkanes) is 5. The molecule has 25 heteroatoms. The minimum Gasteiger partial charge on any atom is -0.508 e. The Morgan fingerprint density at radius 2 is 1.34 bits per heavy atom. The number of hydrogen-bond donors (Lipinski definition) is 16. The first-order valence-corrected chi connectivity index (χ1v) is 27.3. The third-order valence-corrected chi connectivity index (χ3v) is 14.9. The van der Waals surface area contributed by atoms with Gasteiger partial charge in [0, 0.05) is 45.4 Å². The van der Waals surface area contributed by atoms with Crippen LogP contribution in [0.3, 0.4) is 0 Å². The Hall–Kier alpha value is -5.09. The zero-order valence-corrected chi connectivity index (χ0v) is 45.0. The summed E-state index contributed by atoms with van der Waals surface area (Å²) in [6.45, 7) is 6.73. The van der Waals surface area contributed by atoms with Crippen molar-refractivity contribution in [2.45, 2.75) is 203 Å². The first-order valence-electron chi connectivity index (χ1n) is 27.3. The van der Waals surface area contributed by atoms with Crippen LogP contribution < -0.4 is 43.4 Å². The molecule has 0 aliphatic carbocycles. The van der Waals surface area contributed by atoms with Crippen LogP contribution in [0.2, 0.25) is 0 Å². The van der Waals surface area contributed by atoms with Gasteiger partial charge in [0.15, 0.2) is 0 Å². The molecule has 3 heterocycles. The Bertz CT molecular complexity index is 2070. The van der Waals surface area contributed by atoms with Crippen LogP contribution in [0.1, 0.15) is 129 Å². The summed E-state index contributed by atoms with van der Waals surface area (Å²) in [5.74, 6) is -6.43. The molecule has 0 saturated carbocycles. The van der Waals surface area contributed by atoms with Gasteiger partial charge in [0.05, 0.1) is 30.5 Å². The lowest BCUT2D eigenvalue weighted by atomic mass is 9.91. The molecule has 3 aliphatic rings. The lowest BCUT2D eigenvalue weighted by Gasteiger charge is -2.35. The van der Waals surface area contributed by atoms with Crippen LogP contribution in [0.25, 0.3) is 0 Å². The Balaban J connectivity index is 1.73. The number of phenolic OH excluding ortho intramolecular Hbond substituents is 1. The predicted octanol–water partition coefficient (Wildman–Crippen LogP) is -3.31. The number of benzene rings is 1. The summed E-state index contributed by atoms with van der Waals surface area (Å²) in [7, 11) is 0. The van der Waals surface area contributed by atoms with E-state index in [0.29, 0.717) is 24.7 Å². The molecule has 0 spiro atoms. The van der Waals surface area contributed by atoms with Gasteiger partial charge >= 0.3 is 0 Å². The van der Waals surface area contributed by atoms with Crippen molar-refractivity contribution in [2.24, 2.45) is 23.3 Å². The van der Waals surface area contributed by atoms with Crippen LogP contribution in [-0.4, -0.2) is 204 Å². The van der Waals surface area contributed by atoms with Crippen LogP contribution in [-0.2, 0) is 33.6 Å². The topological polar surface area (TPSA) is 412 Å². The number of aliphatic hydroxyl groups is 7. The van der Waals surface area contributed by atoms with E-state index in [-0.39, 0.29) is 56.8 Å². The summed E-state index contributed by atoms with van der Waals surface area (Å²) < 4.78 is 0. The van der Waals surface area contributed by atoms with Gasteiger partial charge in [-0.1, -0.05) is 77.8 Å². The summed E-state index contributed by atoms with van der Waals surface area (Å²) in [5.41, 5.74) is 11.5. The van der Waals surface area contributed by atoms with Crippen molar-refractivity contribution in [3.05, 3.63) is 29.8 Å². The lowest BCUT2D eigenvalue weighted by Crippen LogP contribution is -2.65. The molecular formula is C52H88N10O15. The van der Waals surface area contributed by atoms with Crippen LogP contribution in [0.5, 0.6) is 5.75 Å². The fraction of sp³-hybridized carbons (Fsp3) is 0.750. The maximum atomic E-state index is 14.6. The molecule has 2 unspecified atom stereocenters. The third kappa shape index (κ3) is 18.8. The Labute approximate surface area is 450 Å². The molecule has 18 N–H and O–H groups in total. The van der Waals surface area contributed by atoms with Gasteiger partial charge in [0.2, 0.25) is 41.4 Å². The number of aliphatic hydroxyl groups excluding tert-OH is 7. The summed E-state index contributed by atoms with van der Waals surface area (Å²) in [6, 6.07) is -6.40. The first kappa shape index (κ1) is 64.4. The first-order chi connectivity index (χ1) is 36.5. The van der Waals surface area contributed by atoms with E-state index in [1.54, 1.807) is 0 Å². The molecule has 7 amide bonds. The number of hydrogen-bond acceptors (Lipinski definition) is 18. The van der Waals surface area contributed by atoms with Crippen molar-refractivity contribution in [3.63, 3.8) is 0 Å². The van der Waals surface area contributed by atoms with Crippen molar-refractivity contribution in [2.75, 3.05) is 32.7 Å². The summed E-state index contributed by atoms with van der Waals surface area (Å²) in [4.78, 5) is 102. The van der Waals surface area contributed by atoms with E-state index < -0.39 is 146 Å². The summed E-state index contributed by atoms with van der Waals surface area (Å²) >= 11 is 0. The molecule has 25 nitrogen and oxygen atoms in total. The molecule has 3 fully saturated rings. The maximum Gasteiger partial charge on any atom is 0.248 e. The number of nitrogens with zero attached hydrogens (tertiary/aromatic N) is 2. The zero-order valence-electron chi connectivity index (χ0n) is 45.0. The Morgan fingerprint density at radius 1 is 0.714 bits per heavy atom. The van der Waals surface area contributed by atoms with Gasteiger partial charge in [0.1, 0.15) is 60.4 Å². The highest BCUT2D eigenvalue weighted by Crippen LogP contribution is 2.27. The molecule has 0 radical (unpaired) electrons. The third-order valence-electron chi connectivity index (χ3n) is 14.9. The molecule has 1 aromatic carbocycles. The van der Waals surface area contributed by atoms with Crippen LogP contribution in [0.4, 0.5) is 0 Å². The summed E-state index contributed by atoms with van der Waals surface area (Å²) in [6.07, 6.45) is -6.95. The fourth-order valence-electron chi connectivity index (χ4n) is 10.2. The largest absolute Gasteiger partial charge is 0.508 e. The van der Waals surface area contributed by atoms with Crippen LogP contribution in [0.15, 0.2) is 24.3 Å². The quantitative estimate of drug-likeness (QED) is 0.0477. The van der Waals surface area contributed by atoms with Crippen molar-refractivity contribution in [1.82, 2.24) is 41.7 Å². The number of nitrogens with two attached hydrogens (primary N) is 2. The van der Waals surface area contributed by atoms with Crippen molar-refractivity contribution in [1.29, 1.82) is 0 Å². The average Bonchev–Trinajstić information content (AvgIpc) is 3.99. The molecule has 0 aromatic heterocycles. The van der Waals surface area contributed by atoms with Crippen molar-refractivity contribution < 1.29 is 74.4 Å². The van der Waals surface area contributed by atoms with E-state index in [9.17, 15) is 74.4 Å². The summed E-state index contributed by atoms with van der Waals surface area (Å²) in [5, 5.41) is 104. The molecular weight excluding hydrogens is 1000 g/mol. The molecule has 4 rings (SSSR count). The van der Waals surface area contributed by atoms with Gasteiger partial charge < -0.3 is 88.7 Å². The number of carbonyl (C=O) groups is 7. The number of amides is 7. The van der Waals surface area contributed by atoms with E-state index in [1.807, 2.05) is 0 Å². The number of fused-ring (bicyclic) bond motifs is 2. The second kappa shape index (κ2) is 31.5. The Morgan fingerprint density at radius 3 is 1.97 bits per heavy atom. The number of phenols is 1. The van der Waals surface area contributed by atoms with Crippen molar-refractivity contribution in [3.8, 4) is 5.75 Å². The zero-order chi connectivity index (χ0) is 57.1. The molecule has 77 heavy (non-hydrogen) atoms. The van der Waals surface area contributed by atoms with Gasteiger partial charge in [-0.05, 0) is 68.7 Å². The highest BCUT2D eigenvalue weighted by atomic mass is 16.3. The molecule has 16 atom stereocenters. The number of rotatable bonds is 23. The minimum atomic E-state index is -2.28. The molecule has 3 aliphatic heterocycles. The SMILES string of the molecule is CCC(C)CC(C)CCCCCCCCC(=O)N[C@@H]1C[C@H](O)[C@H](NCCN)NC(=O)[C@@H]2[C@@H](O)CCN2C(=O)[C@H]([C@H](O)CCN)NC(=O)[C@H]([C@H](O)[C@@H](O)c2ccc(O)cc2)NC(=O)[C@@H]2C[C@@H](O)CN2C(=O)[C@H]([C@@H](C)O)NC1=O. The van der Waals surface area contributed by atoms with Gasteiger partial charge in [-0.2, -0.15) is 0 Å². The van der Waals surface area contributed by atoms with E-state index in [1.165, 1.54) is 30.7 Å². The molecule has 0 bridgehead atoms. The van der Waals surface area contributed by atoms with E-state index in [0.717, 1.165) is 55.2 Å². The van der Waals surface area contributed by atoms with Gasteiger partial charge in [-0.25, -0.2) is 0 Å². The highest BCUT2D eigenvalue weighted by molar-refractivity contribution is 5.98. The monoisotopic (exact) mass is 1090 g/mol. The highest BCUT2D eigenvalue weighted by Gasteiger charge is 2.49. The number of aromatic hydroxyl groups is 1. The molecule has 436 valence electrons. The van der Waals surface area contributed by atoms with Crippen LogP contribution >= 0.6 is 0 Å². The normalized spacial score (nSPS) is 28.6. The molecule has 3 saturated heterocycles. The van der Waals surface area contributed by atoms with Gasteiger partial charge in [-0.3, -0.25) is 38.9 Å². The fourth-order valence-corrected chi connectivity index (χ4v) is 10.2. The average molecular weight is 1090 g/mol. The van der Waals surface area contributed by atoms with E-state index in [2.05, 4.69) is 52.7 Å². The van der Waals surface area contributed by atoms with Gasteiger partial charge in [0.25, 0.3) is 0 Å². The maximum absolute atomic E-state index is 14.6. The van der Waals surface area contributed by atoms with E-state index in [4.69, 9.17) is 11.5 Å². The Kier molecular flexibility index (Phi) is 26.4. The smallest absolute Gasteiger partial charge is 0.248 e. The minimum absolute atomic E-state index is 0.0257. The second-order valence-corrected chi connectivity index (χ2v) is 21.3. The number of nitrogens with one attached hydrogen (secondary N) is 6. The predicted molar refractivity (Wildman–Crippen MR) is 280 cm³/mol. The van der Waals surface area contributed by atoms with Crippen molar-refractivity contribution >= 4 is 41.4 Å². The lowest BCUT2D eigenvalue weighted by molar-refractivity contribution is -0.148.